The zero-order valence-corrected chi connectivity index (χ0v) is 11.1. The second-order valence-corrected chi connectivity index (χ2v) is 4.16. The summed E-state index contributed by atoms with van der Waals surface area (Å²) in [6, 6.07) is 10.4. The van der Waals surface area contributed by atoms with E-state index < -0.39 is 0 Å². The fourth-order valence-corrected chi connectivity index (χ4v) is 1.69. The Morgan fingerprint density at radius 3 is 2.68 bits per heavy atom. The van der Waals surface area contributed by atoms with Gasteiger partial charge in [0.2, 0.25) is 0 Å². The molecule has 0 spiro atoms. The Hall–Kier alpha value is -2.07. The van der Waals surface area contributed by atoms with Crippen LogP contribution >= 0.6 is 11.6 Å². The summed E-state index contributed by atoms with van der Waals surface area (Å²) in [6.45, 7) is 2.14. The van der Waals surface area contributed by atoms with Crippen molar-refractivity contribution in [3.8, 4) is 0 Å². The topological polar surface area (TPSA) is 51.2 Å². The van der Waals surface area contributed by atoms with Crippen molar-refractivity contribution < 1.29 is 9.53 Å². The van der Waals surface area contributed by atoms with Crippen LogP contribution in [0.1, 0.15) is 17.3 Å². The molecule has 0 fully saturated rings. The van der Waals surface area contributed by atoms with Crippen molar-refractivity contribution in [3.05, 3.63) is 53.2 Å². The van der Waals surface area contributed by atoms with E-state index in [2.05, 4.69) is 10.3 Å². The van der Waals surface area contributed by atoms with E-state index in [4.69, 9.17) is 16.3 Å². The summed E-state index contributed by atoms with van der Waals surface area (Å²) in [5, 5.41) is 3.61. The molecule has 0 amide bonds. The molecule has 1 aromatic carbocycles. The van der Waals surface area contributed by atoms with Gasteiger partial charge in [-0.15, -0.1) is 0 Å². The van der Waals surface area contributed by atoms with Gasteiger partial charge in [-0.25, -0.2) is 9.78 Å². The number of aromatic nitrogens is 1. The average Bonchev–Trinajstić information content (AvgIpc) is 2.42. The lowest BCUT2D eigenvalue weighted by Gasteiger charge is -2.07. The van der Waals surface area contributed by atoms with Crippen LogP contribution in [0.25, 0.3) is 0 Å². The Kier molecular flexibility index (Phi) is 4.36. The molecule has 2 rings (SSSR count). The van der Waals surface area contributed by atoms with Crippen LogP contribution in [0.5, 0.6) is 0 Å². The quantitative estimate of drug-likeness (QED) is 0.866. The lowest BCUT2D eigenvalue weighted by atomic mass is 10.2. The highest BCUT2D eigenvalue weighted by Crippen LogP contribution is 2.22. The monoisotopic (exact) mass is 276 g/mol. The van der Waals surface area contributed by atoms with Crippen molar-refractivity contribution in [2.24, 2.45) is 0 Å². The molecule has 0 aliphatic rings. The molecule has 1 heterocycles. The maximum atomic E-state index is 11.5. The number of anilines is 2. The third-order valence-corrected chi connectivity index (χ3v) is 2.72. The second-order valence-electron chi connectivity index (χ2n) is 3.76. The number of hydrogen-bond donors (Lipinski definition) is 1. The fraction of sp³-hybridized carbons (Fsp3) is 0.143. The first-order valence-corrected chi connectivity index (χ1v) is 6.23. The molecule has 2 aromatic rings. The highest BCUT2D eigenvalue weighted by Gasteiger charge is 2.06. The Morgan fingerprint density at radius 1 is 1.32 bits per heavy atom. The summed E-state index contributed by atoms with van der Waals surface area (Å²) in [5.41, 5.74) is 1.31. The Bertz CT molecular complexity index is 570. The van der Waals surface area contributed by atoms with E-state index in [1.54, 1.807) is 49.5 Å². The van der Waals surface area contributed by atoms with E-state index in [1.165, 1.54) is 0 Å². The minimum absolute atomic E-state index is 0.329. The number of ether oxygens (including phenoxy) is 1. The van der Waals surface area contributed by atoms with Gasteiger partial charge < -0.3 is 10.1 Å². The van der Waals surface area contributed by atoms with Crippen molar-refractivity contribution in [1.29, 1.82) is 0 Å². The van der Waals surface area contributed by atoms with Crippen molar-refractivity contribution >= 4 is 29.1 Å². The molecule has 0 aliphatic heterocycles. The van der Waals surface area contributed by atoms with Gasteiger partial charge in [-0.2, -0.15) is 0 Å². The van der Waals surface area contributed by atoms with Gasteiger partial charge in [0.15, 0.2) is 0 Å². The van der Waals surface area contributed by atoms with Crippen molar-refractivity contribution in [1.82, 2.24) is 4.98 Å². The van der Waals surface area contributed by atoms with Gasteiger partial charge in [0.1, 0.15) is 5.82 Å². The molecule has 0 saturated carbocycles. The normalized spacial score (nSPS) is 10.0. The van der Waals surface area contributed by atoms with Gasteiger partial charge in [-0.05, 0) is 43.3 Å². The highest BCUT2D eigenvalue weighted by molar-refractivity contribution is 6.33. The second kappa shape index (κ2) is 6.20. The fourth-order valence-electron chi connectivity index (χ4n) is 1.52. The van der Waals surface area contributed by atoms with Crippen LogP contribution in [0.4, 0.5) is 11.5 Å². The van der Waals surface area contributed by atoms with E-state index in [-0.39, 0.29) is 5.97 Å². The molecule has 19 heavy (non-hydrogen) atoms. The van der Waals surface area contributed by atoms with Gasteiger partial charge in [0, 0.05) is 11.9 Å². The molecule has 0 saturated heterocycles. The number of hydrogen-bond acceptors (Lipinski definition) is 4. The Balaban J connectivity index is 2.11. The third kappa shape index (κ3) is 3.45. The van der Waals surface area contributed by atoms with E-state index in [0.717, 1.165) is 5.69 Å². The number of pyridine rings is 1. The van der Waals surface area contributed by atoms with Gasteiger partial charge in [-0.3, -0.25) is 0 Å². The van der Waals surface area contributed by atoms with Crippen molar-refractivity contribution in [2.45, 2.75) is 6.92 Å². The minimum Gasteiger partial charge on any atom is -0.462 e. The first kappa shape index (κ1) is 13.4. The van der Waals surface area contributed by atoms with Gasteiger partial charge >= 0.3 is 5.97 Å². The number of carbonyl (C=O) groups is 1. The van der Waals surface area contributed by atoms with Crippen LogP contribution in [0, 0.1) is 0 Å². The molecule has 4 nitrogen and oxygen atoms in total. The molecule has 0 atom stereocenters. The summed E-state index contributed by atoms with van der Waals surface area (Å²) >= 11 is 6.00. The highest BCUT2D eigenvalue weighted by atomic mass is 35.5. The Morgan fingerprint density at radius 2 is 2.05 bits per heavy atom. The lowest BCUT2D eigenvalue weighted by Crippen LogP contribution is -2.04. The van der Waals surface area contributed by atoms with E-state index in [1.807, 2.05) is 0 Å². The predicted molar refractivity (Wildman–Crippen MR) is 74.9 cm³/mol. The average molecular weight is 277 g/mol. The molecule has 0 unspecified atom stereocenters. The van der Waals surface area contributed by atoms with Gasteiger partial charge in [0.05, 0.1) is 17.2 Å². The molecule has 98 valence electrons. The summed E-state index contributed by atoms with van der Waals surface area (Å²) in [6.07, 6.45) is 1.65. The molecular weight excluding hydrogens is 264 g/mol. The smallest absolute Gasteiger partial charge is 0.338 e. The van der Waals surface area contributed by atoms with Crippen molar-refractivity contribution in [3.63, 3.8) is 0 Å². The van der Waals surface area contributed by atoms with E-state index in [9.17, 15) is 4.79 Å². The molecule has 1 aromatic heterocycles. The van der Waals surface area contributed by atoms with Crippen LogP contribution < -0.4 is 5.32 Å². The van der Waals surface area contributed by atoms with Gasteiger partial charge in [-0.1, -0.05) is 11.6 Å². The maximum absolute atomic E-state index is 11.5. The van der Waals surface area contributed by atoms with Crippen molar-refractivity contribution in [2.75, 3.05) is 11.9 Å². The van der Waals surface area contributed by atoms with E-state index in [0.29, 0.717) is 23.0 Å². The maximum Gasteiger partial charge on any atom is 0.338 e. The largest absolute Gasteiger partial charge is 0.462 e. The van der Waals surface area contributed by atoms with Crippen LogP contribution in [0.15, 0.2) is 42.6 Å². The number of halogens is 1. The first-order valence-electron chi connectivity index (χ1n) is 5.85. The number of carbonyl (C=O) groups excluding carboxylic acids is 1. The Labute approximate surface area is 116 Å². The molecule has 0 aliphatic carbocycles. The lowest BCUT2D eigenvalue weighted by molar-refractivity contribution is 0.0526. The molecule has 1 N–H and O–H groups in total. The third-order valence-electron chi connectivity index (χ3n) is 2.42. The number of benzene rings is 1. The number of nitrogens with zero attached hydrogens (tertiary/aromatic N) is 1. The molecular formula is C14H13ClN2O2. The number of rotatable bonds is 4. The van der Waals surface area contributed by atoms with Crippen LogP contribution in [0.2, 0.25) is 5.02 Å². The summed E-state index contributed by atoms with van der Waals surface area (Å²) in [4.78, 5) is 15.6. The first-order chi connectivity index (χ1) is 9.20. The SMILES string of the molecule is CCOC(=O)c1ccc(Nc2ncccc2Cl)cc1. The molecule has 0 radical (unpaired) electrons. The minimum atomic E-state index is -0.329. The summed E-state index contributed by atoms with van der Waals surface area (Å²) < 4.78 is 4.91. The standard InChI is InChI=1S/C14H13ClN2O2/c1-2-19-14(18)10-5-7-11(8-6-10)17-13-12(15)4-3-9-16-13/h3-9H,2H2,1H3,(H,16,17). The number of nitrogens with one attached hydrogen (secondary N) is 1. The van der Waals surface area contributed by atoms with Gasteiger partial charge in [0.25, 0.3) is 0 Å². The molecule has 0 bridgehead atoms. The zero-order valence-electron chi connectivity index (χ0n) is 10.4. The van der Waals surface area contributed by atoms with E-state index >= 15 is 0 Å². The zero-order chi connectivity index (χ0) is 13.7. The molecule has 5 heteroatoms. The summed E-state index contributed by atoms with van der Waals surface area (Å²) in [5.74, 6) is 0.248. The van der Waals surface area contributed by atoms with Crippen LogP contribution in [-0.2, 0) is 4.74 Å². The number of esters is 1. The van der Waals surface area contributed by atoms with Crippen LogP contribution in [-0.4, -0.2) is 17.6 Å². The predicted octanol–water partition coefficient (Wildman–Crippen LogP) is 3.66. The summed E-state index contributed by atoms with van der Waals surface area (Å²) in [7, 11) is 0. The van der Waals surface area contributed by atoms with Crippen LogP contribution in [0.3, 0.4) is 0 Å².